The lowest BCUT2D eigenvalue weighted by atomic mass is 10.0. The minimum atomic E-state index is 0.917. The van der Waals surface area contributed by atoms with Crippen molar-refractivity contribution in [2.24, 2.45) is 11.8 Å². The quantitative estimate of drug-likeness (QED) is 0.845. The second kappa shape index (κ2) is 4.13. The number of likely N-dealkylation sites (tertiary alicyclic amines) is 1. The molecule has 3 heteroatoms. The highest BCUT2D eigenvalue weighted by Gasteiger charge is 2.35. The summed E-state index contributed by atoms with van der Waals surface area (Å²) < 4.78 is 0. The molecular formula is C13H20N2S. The first-order valence-corrected chi connectivity index (χ1v) is 7.03. The molecule has 2 nitrogen and oxygen atoms in total. The predicted octanol–water partition coefficient (Wildman–Crippen LogP) is 2.02. The Balaban J connectivity index is 1.66. The molecule has 1 aromatic heterocycles. The van der Waals surface area contributed by atoms with Gasteiger partial charge in [0.1, 0.15) is 0 Å². The normalized spacial score (nSPS) is 29.9. The molecule has 0 aromatic carbocycles. The minimum absolute atomic E-state index is 0.917. The lowest BCUT2D eigenvalue weighted by Gasteiger charge is -2.16. The third kappa shape index (κ3) is 1.92. The number of thiophene rings is 1. The van der Waals surface area contributed by atoms with Crippen LogP contribution in [0.3, 0.4) is 0 Å². The van der Waals surface area contributed by atoms with Crippen molar-refractivity contribution >= 4 is 11.3 Å². The van der Waals surface area contributed by atoms with Gasteiger partial charge in [-0.2, -0.15) is 0 Å². The molecule has 16 heavy (non-hydrogen) atoms. The zero-order chi connectivity index (χ0) is 11.1. The van der Waals surface area contributed by atoms with Crippen molar-refractivity contribution in [3.63, 3.8) is 0 Å². The summed E-state index contributed by atoms with van der Waals surface area (Å²) in [6, 6.07) is 2.37. The summed E-state index contributed by atoms with van der Waals surface area (Å²) in [5, 5.41) is 3.50. The van der Waals surface area contributed by atoms with Gasteiger partial charge in [-0.1, -0.05) is 0 Å². The number of hydrogen-bond donors (Lipinski definition) is 1. The number of nitrogens with one attached hydrogen (secondary N) is 1. The van der Waals surface area contributed by atoms with Gasteiger partial charge < -0.3 is 5.32 Å². The second-order valence-corrected chi connectivity index (χ2v) is 6.77. The molecule has 0 aliphatic carbocycles. The molecule has 0 radical (unpaired) electrons. The largest absolute Gasteiger partial charge is 0.316 e. The Morgan fingerprint density at radius 2 is 2.00 bits per heavy atom. The van der Waals surface area contributed by atoms with Crippen LogP contribution in [-0.2, 0) is 6.54 Å². The Kier molecular flexibility index (Phi) is 2.78. The molecular weight excluding hydrogens is 216 g/mol. The standard InChI is InChI=1S/C13H20N2S/c1-9-3-11(10(2)16-9)6-15-7-12-4-14-5-13(12)8-15/h3,12-14H,4-8H2,1-2H3. The lowest BCUT2D eigenvalue weighted by molar-refractivity contribution is 0.305. The van der Waals surface area contributed by atoms with Gasteiger partial charge in [0.15, 0.2) is 0 Å². The minimum Gasteiger partial charge on any atom is -0.316 e. The van der Waals surface area contributed by atoms with Crippen LogP contribution >= 0.6 is 11.3 Å². The Hall–Kier alpha value is -0.380. The van der Waals surface area contributed by atoms with Gasteiger partial charge in [-0.15, -0.1) is 11.3 Å². The molecule has 88 valence electrons. The van der Waals surface area contributed by atoms with Crippen LogP contribution in [0.2, 0.25) is 0 Å². The molecule has 2 unspecified atom stereocenters. The van der Waals surface area contributed by atoms with Gasteiger partial charge in [0.25, 0.3) is 0 Å². The molecule has 3 rings (SSSR count). The van der Waals surface area contributed by atoms with E-state index in [1.807, 2.05) is 11.3 Å². The average Bonchev–Trinajstić information content (AvgIpc) is 2.82. The maximum atomic E-state index is 3.50. The predicted molar refractivity (Wildman–Crippen MR) is 68.9 cm³/mol. The first-order chi connectivity index (χ1) is 7.72. The van der Waals surface area contributed by atoms with E-state index in [1.165, 1.54) is 42.5 Å². The monoisotopic (exact) mass is 236 g/mol. The summed E-state index contributed by atoms with van der Waals surface area (Å²) in [7, 11) is 0. The van der Waals surface area contributed by atoms with Gasteiger partial charge in [0, 0.05) is 29.4 Å². The Bertz CT molecular complexity index is 373. The van der Waals surface area contributed by atoms with E-state index in [0.717, 1.165) is 11.8 Å². The summed E-state index contributed by atoms with van der Waals surface area (Å²) in [6.45, 7) is 10.7. The van der Waals surface area contributed by atoms with Crippen molar-refractivity contribution in [1.29, 1.82) is 0 Å². The van der Waals surface area contributed by atoms with Crippen molar-refractivity contribution in [3.8, 4) is 0 Å². The maximum absolute atomic E-state index is 3.50. The van der Waals surface area contributed by atoms with Gasteiger partial charge in [0.05, 0.1) is 0 Å². The van der Waals surface area contributed by atoms with Crippen LogP contribution in [-0.4, -0.2) is 31.1 Å². The Morgan fingerprint density at radius 3 is 2.56 bits per heavy atom. The van der Waals surface area contributed by atoms with E-state index in [4.69, 9.17) is 0 Å². The van der Waals surface area contributed by atoms with E-state index < -0.39 is 0 Å². The maximum Gasteiger partial charge on any atom is 0.0245 e. The molecule has 3 heterocycles. The molecule has 1 aromatic rings. The second-order valence-electron chi connectivity index (χ2n) is 5.31. The first-order valence-electron chi connectivity index (χ1n) is 6.21. The van der Waals surface area contributed by atoms with Crippen molar-refractivity contribution in [1.82, 2.24) is 10.2 Å². The van der Waals surface area contributed by atoms with Gasteiger partial charge in [0.2, 0.25) is 0 Å². The van der Waals surface area contributed by atoms with Crippen LogP contribution in [0.15, 0.2) is 6.07 Å². The molecule has 0 spiro atoms. The summed E-state index contributed by atoms with van der Waals surface area (Å²) in [5.41, 5.74) is 1.55. The van der Waals surface area contributed by atoms with E-state index in [0.29, 0.717) is 0 Å². The highest BCUT2D eigenvalue weighted by Crippen LogP contribution is 2.29. The van der Waals surface area contributed by atoms with Crippen LogP contribution in [0.25, 0.3) is 0 Å². The van der Waals surface area contributed by atoms with E-state index in [2.05, 4.69) is 30.1 Å². The fourth-order valence-electron chi connectivity index (χ4n) is 3.16. The third-order valence-electron chi connectivity index (χ3n) is 4.00. The molecule has 2 atom stereocenters. The van der Waals surface area contributed by atoms with Gasteiger partial charge in [-0.25, -0.2) is 0 Å². The first kappa shape index (κ1) is 10.8. The summed E-state index contributed by atoms with van der Waals surface area (Å²) in [6.07, 6.45) is 0. The smallest absolute Gasteiger partial charge is 0.0245 e. The zero-order valence-corrected chi connectivity index (χ0v) is 10.9. The SMILES string of the molecule is Cc1cc(CN2CC3CNCC3C2)c(C)s1. The number of rotatable bonds is 2. The fraction of sp³-hybridized carbons (Fsp3) is 0.692. The molecule has 2 fully saturated rings. The van der Waals surface area contributed by atoms with Crippen LogP contribution in [0.1, 0.15) is 15.3 Å². The van der Waals surface area contributed by atoms with E-state index >= 15 is 0 Å². The van der Waals surface area contributed by atoms with Crippen LogP contribution in [0, 0.1) is 25.7 Å². The van der Waals surface area contributed by atoms with E-state index in [1.54, 1.807) is 5.56 Å². The third-order valence-corrected chi connectivity index (χ3v) is 5.01. The van der Waals surface area contributed by atoms with E-state index in [9.17, 15) is 0 Å². The molecule has 2 saturated heterocycles. The Morgan fingerprint density at radius 1 is 1.31 bits per heavy atom. The van der Waals surface area contributed by atoms with Crippen LogP contribution in [0.5, 0.6) is 0 Å². The number of aryl methyl sites for hydroxylation is 2. The summed E-state index contributed by atoms with van der Waals surface area (Å²) in [5.74, 6) is 1.83. The summed E-state index contributed by atoms with van der Waals surface area (Å²) in [4.78, 5) is 5.60. The van der Waals surface area contributed by atoms with Crippen LogP contribution < -0.4 is 5.32 Å². The van der Waals surface area contributed by atoms with Gasteiger partial charge >= 0.3 is 0 Å². The van der Waals surface area contributed by atoms with E-state index in [-0.39, 0.29) is 0 Å². The molecule has 0 saturated carbocycles. The molecule has 2 aliphatic rings. The average molecular weight is 236 g/mol. The van der Waals surface area contributed by atoms with Crippen molar-refractivity contribution in [3.05, 3.63) is 21.4 Å². The van der Waals surface area contributed by atoms with Crippen molar-refractivity contribution in [2.75, 3.05) is 26.2 Å². The number of hydrogen-bond acceptors (Lipinski definition) is 3. The van der Waals surface area contributed by atoms with Crippen LogP contribution in [0.4, 0.5) is 0 Å². The molecule has 2 aliphatic heterocycles. The fourth-order valence-corrected chi connectivity index (χ4v) is 4.10. The summed E-state index contributed by atoms with van der Waals surface area (Å²) >= 11 is 1.93. The number of fused-ring (bicyclic) bond motifs is 1. The van der Waals surface area contributed by atoms with Crippen molar-refractivity contribution < 1.29 is 0 Å². The van der Waals surface area contributed by atoms with Gasteiger partial charge in [-0.05, 0) is 50.4 Å². The highest BCUT2D eigenvalue weighted by atomic mass is 32.1. The molecule has 1 N–H and O–H groups in total. The zero-order valence-electron chi connectivity index (χ0n) is 10.1. The topological polar surface area (TPSA) is 15.3 Å². The lowest BCUT2D eigenvalue weighted by Crippen LogP contribution is -2.25. The number of nitrogens with zero attached hydrogens (tertiary/aromatic N) is 1. The molecule has 0 amide bonds. The highest BCUT2D eigenvalue weighted by molar-refractivity contribution is 7.12. The Labute approximate surface area is 102 Å². The van der Waals surface area contributed by atoms with Gasteiger partial charge in [-0.3, -0.25) is 4.90 Å². The van der Waals surface area contributed by atoms with Crippen molar-refractivity contribution in [2.45, 2.75) is 20.4 Å². The molecule has 0 bridgehead atoms.